The third kappa shape index (κ3) is 20.1. The normalized spacial score (nSPS) is 13.5. The van der Waals surface area contributed by atoms with Gasteiger partial charge in [-0.15, -0.1) is 49.8 Å². The summed E-state index contributed by atoms with van der Waals surface area (Å²) in [4.78, 5) is 0. The Hall–Kier alpha value is 1.82. The van der Waals surface area contributed by atoms with Crippen LogP contribution in [0.1, 0.15) is 80.1 Å². The van der Waals surface area contributed by atoms with Gasteiger partial charge >= 0.3 is 0 Å². The Morgan fingerprint density at radius 1 is 0.542 bits per heavy atom. The molecule has 150 valence electrons. The lowest BCUT2D eigenvalue weighted by atomic mass is 10.1. The van der Waals surface area contributed by atoms with Crippen molar-refractivity contribution in [1.82, 2.24) is 0 Å². The standard InChI is InChI=1S/C20H44P2.2BrH/c1-7-13-21(15-9-11-19(3)4)17-18-22(14-8-2)16-10-12-20(5)6;;/h19-20H,7-18H2,1-6H3;2*1H. The molecule has 0 aromatic heterocycles. The summed E-state index contributed by atoms with van der Waals surface area (Å²) in [5, 5.41) is 0. The monoisotopic (exact) mass is 506 g/mol. The van der Waals surface area contributed by atoms with E-state index in [9.17, 15) is 0 Å². The van der Waals surface area contributed by atoms with Crippen molar-refractivity contribution in [3.8, 4) is 0 Å². The molecule has 2 atom stereocenters. The predicted molar refractivity (Wildman–Crippen MR) is 132 cm³/mol. The number of halogens is 2. The first-order chi connectivity index (χ1) is 10.5. The van der Waals surface area contributed by atoms with E-state index in [1.54, 1.807) is 24.6 Å². The molecule has 0 spiro atoms. The molecule has 0 saturated heterocycles. The van der Waals surface area contributed by atoms with E-state index in [2.05, 4.69) is 41.5 Å². The molecular formula is C20H46Br2P2. The molecule has 0 saturated carbocycles. The molecule has 0 fully saturated rings. The SMILES string of the molecule is Br.Br.CCCP(CCCC(C)C)CCP(CCC)CCCC(C)C. The van der Waals surface area contributed by atoms with Gasteiger partial charge in [0, 0.05) is 0 Å². The van der Waals surface area contributed by atoms with Crippen molar-refractivity contribution in [3.63, 3.8) is 0 Å². The van der Waals surface area contributed by atoms with Gasteiger partial charge in [0.15, 0.2) is 0 Å². The second-order valence-electron chi connectivity index (χ2n) is 7.76. The Labute approximate surface area is 178 Å². The van der Waals surface area contributed by atoms with Crippen molar-refractivity contribution in [2.75, 3.05) is 37.0 Å². The van der Waals surface area contributed by atoms with Gasteiger partial charge in [0.1, 0.15) is 0 Å². The lowest BCUT2D eigenvalue weighted by Crippen LogP contribution is -2.03. The molecule has 2 unspecified atom stereocenters. The van der Waals surface area contributed by atoms with Crippen LogP contribution in [-0.2, 0) is 0 Å². The zero-order valence-corrected chi connectivity index (χ0v) is 22.6. The van der Waals surface area contributed by atoms with Crippen LogP contribution in [0.25, 0.3) is 0 Å². The minimum absolute atomic E-state index is 0. The fraction of sp³-hybridized carbons (Fsp3) is 1.00. The van der Waals surface area contributed by atoms with Crippen molar-refractivity contribution >= 4 is 49.8 Å². The molecule has 0 amide bonds. The molecule has 0 radical (unpaired) electrons. The van der Waals surface area contributed by atoms with E-state index in [0.717, 1.165) is 11.8 Å². The van der Waals surface area contributed by atoms with E-state index in [1.807, 2.05) is 0 Å². The van der Waals surface area contributed by atoms with Gasteiger partial charge in [-0.25, -0.2) is 0 Å². The van der Waals surface area contributed by atoms with Gasteiger partial charge in [0.05, 0.1) is 0 Å². The van der Waals surface area contributed by atoms with Crippen LogP contribution >= 0.6 is 49.8 Å². The maximum atomic E-state index is 2.38. The highest BCUT2D eigenvalue weighted by molar-refractivity contribution is 8.93. The number of hydrogen-bond donors (Lipinski definition) is 0. The Morgan fingerprint density at radius 3 is 1.12 bits per heavy atom. The van der Waals surface area contributed by atoms with Crippen LogP contribution in [0.4, 0.5) is 0 Å². The van der Waals surface area contributed by atoms with Crippen LogP contribution < -0.4 is 0 Å². The first-order valence-corrected chi connectivity index (χ1v) is 13.7. The largest absolute Gasteiger partial charge is 0.114 e. The molecule has 0 bridgehead atoms. The van der Waals surface area contributed by atoms with E-state index >= 15 is 0 Å². The molecule has 0 nitrogen and oxygen atoms in total. The zero-order valence-electron chi connectivity index (χ0n) is 17.4. The summed E-state index contributed by atoms with van der Waals surface area (Å²) in [7, 11) is 0.708. The average molecular weight is 508 g/mol. The zero-order chi connectivity index (χ0) is 16.8. The summed E-state index contributed by atoms with van der Waals surface area (Å²) >= 11 is 0. The minimum Gasteiger partial charge on any atom is -0.114 e. The molecule has 24 heavy (non-hydrogen) atoms. The molecule has 0 aromatic rings. The van der Waals surface area contributed by atoms with Crippen molar-refractivity contribution in [1.29, 1.82) is 0 Å². The van der Waals surface area contributed by atoms with Crippen molar-refractivity contribution < 1.29 is 0 Å². The second-order valence-corrected chi connectivity index (χ2v) is 13.1. The lowest BCUT2D eigenvalue weighted by molar-refractivity contribution is 0.577. The predicted octanol–water partition coefficient (Wildman–Crippen LogP) is 8.80. The molecule has 0 aliphatic heterocycles. The van der Waals surface area contributed by atoms with Crippen LogP contribution in [0.15, 0.2) is 0 Å². The Morgan fingerprint density at radius 2 is 0.875 bits per heavy atom. The van der Waals surface area contributed by atoms with E-state index < -0.39 is 0 Å². The first kappa shape index (κ1) is 30.5. The molecular weight excluding hydrogens is 462 g/mol. The smallest absolute Gasteiger partial charge is 0.0286 e. The lowest BCUT2D eigenvalue weighted by Gasteiger charge is -2.23. The summed E-state index contributed by atoms with van der Waals surface area (Å²) in [5.74, 6) is 1.79. The van der Waals surface area contributed by atoms with Crippen LogP contribution in [0.3, 0.4) is 0 Å². The third-order valence-corrected chi connectivity index (χ3v) is 10.4. The van der Waals surface area contributed by atoms with Crippen LogP contribution in [0, 0.1) is 11.8 Å². The van der Waals surface area contributed by atoms with Gasteiger partial charge < -0.3 is 0 Å². The fourth-order valence-corrected chi connectivity index (χ4v) is 9.16. The van der Waals surface area contributed by atoms with E-state index in [1.165, 1.54) is 50.8 Å². The fourth-order valence-electron chi connectivity index (χ4n) is 3.03. The Kier molecular flexibility index (Phi) is 26.9. The second kappa shape index (κ2) is 21.1. The maximum absolute atomic E-state index is 2.38. The minimum atomic E-state index is 0. The van der Waals surface area contributed by atoms with E-state index in [-0.39, 0.29) is 34.0 Å². The van der Waals surface area contributed by atoms with Gasteiger partial charge in [-0.05, 0) is 61.6 Å². The van der Waals surface area contributed by atoms with Crippen LogP contribution in [0.2, 0.25) is 0 Å². The van der Waals surface area contributed by atoms with Crippen molar-refractivity contribution in [3.05, 3.63) is 0 Å². The van der Waals surface area contributed by atoms with Crippen LogP contribution in [0.5, 0.6) is 0 Å². The van der Waals surface area contributed by atoms with E-state index in [4.69, 9.17) is 0 Å². The van der Waals surface area contributed by atoms with Crippen molar-refractivity contribution in [2.45, 2.75) is 80.1 Å². The Balaban J connectivity index is -0.00000220. The van der Waals surface area contributed by atoms with Gasteiger partial charge in [-0.3, -0.25) is 0 Å². The summed E-state index contributed by atoms with van der Waals surface area (Å²) in [6.45, 7) is 14.3. The van der Waals surface area contributed by atoms with Gasteiger partial charge in [0.2, 0.25) is 0 Å². The summed E-state index contributed by atoms with van der Waals surface area (Å²) in [6.07, 6.45) is 18.1. The quantitative estimate of drug-likeness (QED) is 0.194. The molecule has 4 heteroatoms. The molecule has 0 rings (SSSR count). The summed E-state index contributed by atoms with van der Waals surface area (Å²) in [5.41, 5.74) is 0. The Bertz CT molecular complexity index is 212. The van der Waals surface area contributed by atoms with Gasteiger partial charge in [-0.2, -0.15) is 0 Å². The van der Waals surface area contributed by atoms with Crippen LogP contribution in [-0.4, -0.2) is 37.0 Å². The molecule has 0 aliphatic rings. The van der Waals surface area contributed by atoms with E-state index in [0.29, 0.717) is 15.8 Å². The van der Waals surface area contributed by atoms with Crippen molar-refractivity contribution in [2.24, 2.45) is 11.8 Å². The topological polar surface area (TPSA) is 0 Å². The summed E-state index contributed by atoms with van der Waals surface area (Å²) in [6, 6.07) is 0. The number of hydrogen-bond acceptors (Lipinski definition) is 0. The van der Waals surface area contributed by atoms with Gasteiger partial charge in [0.25, 0.3) is 0 Å². The molecule has 0 aromatic carbocycles. The summed E-state index contributed by atoms with van der Waals surface area (Å²) < 4.78 is 0. The molecule has 0 heterocycles. The molecule has 0 N–H and O–H groups in total. The van der Waals surface area contributed by atoms with Gasteiger partial charge in [-0.1, -0.05) is 67.2 Å². The molecule has 0 aliphatic carbocycles. The highest BCUT2D eigenvalue weighted by Gasteiger charge is 2.12. The highest BCUT2D eigenvalue weighted by atomic mass is 79.9. The maximum Gasteiger partial charge on any atom is -0.0286 e. The third-order valence-electron chi connectivity index (χ3n) is 4.32. The number of rotatable bonds is 15. The average Bonchev–Trinajstić information content (AvgIpc) is 2.43. The highest BCUT2D eigenvalue weighted by Crippen LogP contribution is 2.45. The first-order valence-electron chi connectivity index (χ1n) is 9.94.